The van der Waals surface area contributed by atoms with E-state index in [0.29, 0.717) is 17.0 Å². The van der Waals surface area contributed by atoms with E-state index in [1.165, 1.54) is 0 Å². The molecular weight excluding hydrogens is 340 g/mol. The summed E-state index contributed by atoms with van der Waals surface area (Å²) < 4.78 is 5.83. The molecule has 0 amide bonds. The van der Waals surface area contributed by atoms with Crippen molar-refractivity contribution in [3.05, 3.63) is 59.6 Å². The Balaban J connectivity index is 2.18. The number of rotatable bonds is 3. The number of hydrogen-bond donors (Lipinski definition) is 1. The zero-order chi connectivity index (χ0) is 20.0. The highest BCUT2D eigenvalue weighted by atomic mass is 16.5. The quantitative estimate of drug-likeness (QED) is 0.867. The fourth-order valence-corrected chi connectivity index (χ4v) is 3.31. The molecule has 1 N–H and O–H groups in total. The number of aliphatic hydroxyl groups is 1. The Hall–Kier alpha value is -2.79. The van der Waals surface area contributed by atoms with E-state index < -0.39 is 11.2 Å². The first-order valence-corrected chi connectivity index (χ1v) is 8.81. The van der Waals surface area contributed by atoms with Crippen molar-refractivity contribution in [2.45, 2.75) is 45.8 Å². The first kappa shape index (κ1) is 19.0. The fourth-order valence-electron chi connectivity index (χ4n) is 3.31. The van der Waals surface area contributed by atoms with Gasteiger partial charge in [0.05, 0.1) is 5.57 Å². The number of nitrogens with zero attached hydrogens (tertiary/aromatic N) is 2. The smallest absolute Gasteiger partial charge is 0.198 e. The van der Waals surface area contributed by atoms with Crippen molar-refractivity contribution in [2.24, 2.45) is 0 Å². The molecule has 0 saturated carbocycles. The maximum Gasteiger partial charge on any atom is 0.198 e. The van der Waals surface area contributed by atoms with Gasteiger partial charge in [0.1, 0.15) is 17.0 Å². The van der Waals surface area contributed by atoms with Gasteiger partial charge in [0.15, 0.2) is 11.6 Å². The Morgan fingerprint density at radius 3 is 2.33 bits per heavy atom. The first-order valence-electron chi connectivity index (χ1n) is 8.81. The molecule has 0 fully saturated rings. The molecule has 140 valence electrons. The normalized spacial score (nSPS) is 18.5. The number of Topliss-reactive ketones (excluding diaryl/α,β-unsaturated/α-hetero) is 1. The molecule has 1 aliphatic rings. The Labute approximate surface area is 159 Å². The van der Waals surface area contributed by atoms with Gasteiger partial charge in [-0.2, -0.15) is 0 Å². The summed E-state index contributed by atoms with van der Waals surface area (Å²) in [5.74, 6) is 0.234. The van der Waals surface area contributed by atoms with Crippen LogP contribution in [-0.2, 0) is 9.53 Å². The lowest BCUT2D eigenvalue weighted by Crippen LogP contribution is -2.49. The molecule has 0 unspecified atom stereocenters. The van der Waals surface area contributed by atoms with Gasteiger partial charge in [0, 0.05) is 23.5 Å². The van der Waals surface area contributed by atoms with E-state index in [0.717, 1.165) is 16.7 Å². The summed E-state index contributed by atoms with van der Waals surface area (Å²) in [7, 11) is 0. The van der Waals surface area contributed by atoms with Crippen LogP contribution in [0.25, 0.3) is 23.0 Å². The van der Waals surface area contributed by atoms with Crippen molar-refractivity contribution in [2.75, 3.05) is 0 Å². The van der Waals surface area contributed by atoms with Crippen LogP contribution in [0.4, 0.5) is 0 Å². The molecule has 0 spiro atoms. The van der Waals surface area contributed by atoms with E-state index in [1.54, 1.807) is 46.2 Å². The molecule has 2 heterocycles. The van der Waals surface area contributed by atoms with Crippen LogP contribution < -0.4 is 0 Å². The maximum atomic E-state index is 13.0. The molecule has 0 saturated heterocycles. The number of ketones is 1. The summed E-state index contributed by atoms with van der Waals surface area (Å²) in [5.41, 5.74) is 1.43. The summed E-state index contributed by atoms with van der Waals surface area (Å²) in [6.45, 7) is 12.6. The van der Waals surface area contributed by atoms with Crippen molar-refractivity contribution in [3.63, 3.8) is 0 Å². The molecule has 1 aliphatic heterocycles. The molecule has 3 rings (SSSR count). The van der Waals surface area contributed by atoms with E-state index in [9.17, 15) is 9.90 Å². The van der Waals surface area contributed by atoms with Crippen molar-refractivity contribution >= 4 is 17.4 Å². The van der Waals surface area contributed by atoms with Crippen LogP contribution in [0.5, 0.6) is 0 Å². The lowest BCUT2D eigenvalue weighted by Gasteiger charge is -2.40. The molecule has 0 radical (unpaired) electrons. The summed E-state index contributed by atoms with van der Waals surface area (Å²) in [4.78, 5) is 21.8. The minimum absolute atomic E-state index is 0.0602. The summed E-state index contributed by atoms with van der Waals surface area (Å²) in [5, 5.41) is 10.8. The van der Waals surface area contributed by atoms with Gasteiger partial charge < -0.3 is 9.84 Å². The minimum Gasteiger partial charge on any atom is -0.508 e. The van der Waals surface area contributed by atoms with Gasteiger partial charge in [-0.15, -0.1) is 0 Å². The third-order valence-electron chi connectivity index (χ3n) is 4.76. The maximum absolute atomic E-state index is 13.0. The second-order valence-corrected chi connectivity index (χ2v) is 7.75. The number of hydrogen-bond acceptors (Lipinski definition) is 5. The topological polar surface area (TPSA) is 72.3 Å². The predicted octanol–water partition coefficient (Wildman–Crippen LogP) is 4.52. The number of carbonyl (C=O) groups excluding carboxylic acids is 1. The molecule has 1 aromatic carbocycles. The van der Waals surface area contributed by atoms with Gasteiger partial charge in [-0.05, 0) is 51.8 Å². The molecule has 27 heavy (non-hydrogen) atoms. The third-order valence-corrected chi connectivity index (χ3v) is 4.76. The lowest BCUT2D eigenvalue weighted by atomic mass is 9.81. The van der Waals surface area contributed by atoms with Gasteiger partial charge in [-0.1, -0.05) is 24.8 Å². The second kappa shape index (κ2) is 6.43. The largest absolute Gasteiger partial charge is 0.508 e. The van der Waals surface area contributed by atoms with Crippen molar-refractivity contribution in [3.8, 4) is 11.4 Å². The molecule has 5 nitrogen and oxygen atoms in total. The Kier molecular flexibility index (Phi) is 4.52. The Bertz CT molecular complexity index is 954. The minimum atomic E-state index is -1.03. The molecule has 0 atom stereocenters. The predicted molar refractivity (Wildman–Crippen MR) is 106 cm³/mol. The number of aryl methyl sites for hydroxylation is 1. The number of aromatic nitrogens is 2. The average molecular weight is 364 g/mol. The van der Waals surface area contributed by atoms with Crippen LogP contribution in [0.3, 0.4) is 0 Å². The molecular formula is C22H24N2O3. The fraction of sp³-hybridized carbons (Fsp3) is 0.318. The van der Waals surface area contributed by atoms with Crippen LogP contribution in [0, 0.1) is 6.92 Å². The third kappa shape index (κ3) is 3.30. The average Bonchev–Trinajstić information content (AvgIpc) is 2.61. The highest BCUT2D eigenvalue weighted by molar-refractivity contribution is 6.26. The molecule has 0 aliphatic carbocycles. The second-order valence-electron chi connectivity index (χ2n) is 7.75. The van der Waals surface area contributed by atoms with Crippen LogP contribution >= 0.6 is 0 Å². The van der Waals surface area contributed by atoms with Gasteiger partial charge in [0.2, 0.25) is 0 Å². The molecule has 2 aromatic rings. The summed E-state index contributed by atoms with van der Waals surface area (Å²) in [6, 6.07) is 5.65. The number of ether oxygens (including phenoxy) is 1. The monoisotopic (exact) mass is 364 g/mol. The van der Waals surface area contributed by atoms with E-state index in [4.69, 9.17) is 4.74 Å². The van der Waals surface area contributed by atoms with Crippen LogP contribution in [0.2, 0.25) is 0 Å². The highest BCUT2D eigenvalue weighted by Crippen LogP contribution is 2.41. The number of carbonyl (C=O) groups is 1. The molecule has 5 heteroatoms. The summed E-state index contributed by atoms with van der Waals surface area (Å²) >= 11 is 0. The Morgan fingerprint density at radius 1 is 1.11 bits per heavy atom. The number of aliphatic hydroxyl groups excluding tert-OH is 1. The molecule has 0 bridgehead atoms. The van der Waals surface area contributed by atoms with Crippen LogP contribution in [-0.4, -0.2) is 32.1 Å². The first-order chi connectivity index (χ1) is 12.6. The summed E-state index contributed by atoms with van der Waals surface area (Å²) in [6.07, 6.45) is 5.06. The molecule has 1 aromatic heterocycles. The van der Waals surface area contributed by atoms with Gasteiger partial charge in [-0.3, -0.25) is 4.79 Å². The van der Waals surface area contributed by atoms with Gasteiger partial charge >= 0.3 is 0 Å². The zero-order valence-corrected chi connectivity index (χ0v) is 16.3. The van der Waals surface area contributed by atoms with E-state index in [2.05, 4.69) is 16.5 Å². The van der Waals surface area contributed by atoms with E-state index >= 15 is 0 Å². The van der Waals surface area contributed by atoms with E-state index in [1.807, 2.05) is 25.1 Å². The van der Waals surface area contributed by atoms with Crippen molar-refractivity contribution in [1.82, 2.24) is 9.97 Å². The van der Waals surface area contributed by atoms with E-state index in [-0.39, 0.29) is 11.5 Å². The standard InChI is InChI=1S/C22H24N2O3/c1-7-14-11-23-20(24-12-14)15-9-8-13(2)16(10-15)17-18(25)21(3,4)27-22(5,6)19(17)26/h7-12,25H,1H2,2-6H3. The lowest BCUT2D eigenvalue weighted by molar-refractivity contribution is -0.158. The highest BCUT2D eigenvalue weighted by Gasteiger charge is 2.47. The van der Waals surface area contributed by atoms with Crippen LogP contribution in [0.1, 0.15) is 44.4 Å². The van der Waals surface area contributed by atoms with Crippen molar-refractivity contribution < 1.29 is 14.6 Å². The van der Waals surface area contributed by atoms with Gasteiger partial charge in [0.25, 0.3) is 0 Å². The number of benzene rings is 1. The van der Waals surface area contributed by atoms with Crippen molar-refractivity contribution in [1.29, 1.82) is 0 Å². The SMILES string of the molecule is C=Cc1cnc(-c2ccc(C)c(C3=C(O)C(C)(C)OC(C)(C)C3=O)c2)nc1. The zero-order valence-electron chi connectivity index (χ0n) is 16.3. The van der Waals surface area contributed by atoms with Crippen LogP contribution in [0.15, 0.2) is 42.9 Å². The van der Waals surface area contributed by atoms with Gasteiger partial charge in [-0.25, -0.2) is 9.97 Å². The Morgan fingerprint density at radius 2 is 1.74 bits per heavy atom.